The van der Waals surface area contributed by atoms with Crippen molar-refractivity contribution < 1.29 is 18.3 Å². The summed E-state index contributed by atoms with van der Waals surface area (Å²) in [6.45, 7) is 0. The van der Waals surface area contributed by atoms with Crippen LogP contribution in [-0.4, -0.2) is 14.9 Å². The van der Waals surface area contributed by atoms with E-state index in [4.69, 9.17) is 22.1 Å². The number of nitrogens with two attached hydrogens (primary N) is 1. The Morgan fingerprint density at radius 3 is 2.53 bits per heavy atom. The standard InChI is InChI=1S/C23H15ClF2N4O3S/c24-20-19(7-8-28-22(20)27)33-18-6-5-14(9-17(18)26)29-23(32)16-11-30(34)10-15(21(16)31)12-1-3-13(25)4-2-12/h1-11,34H,(H2,27,28)(H,29,32). The molecule has 34 heavy (non-hydrogen) atoms. The van der Waals surface area contributed by atoms with Gasteiger partial charge in [0.25, 0.3) is 5.91 Å². The number of hydrogen-bond donors (Lipinski definition) is 3. The third-order valence-corrected chi connectivity index (χ3v) is 5.31. The van der Waals surface area contributed by atoms with Gasteiger partial charge in [0.15, 0.2) is 17.3 Å². The zero-order chi connectivity index (χ0) is 24.4. The molecule has 0 radical (unpaired) electrons. The van der Waals surface area contributed by atoms with Gasteiger partial charge >= 0.3 is 0 Å². The molecule has 0 saturated heterocycles. The van der Waals surface area contributed by atoms with Crippen LogP contribution in [-0.2, 0) is 0 Å². The number of rotatable bonds is 5. The van der Waals surface area contributed by atoms with Crippen molar-refractivity contribution in [1.29, 1.82) is 0 Å². The molecule has 0 spiro atoms. The van der Waals surface area contributed by atoms with Gasteiger partial charge in [0.05, 0.1) is 0 Å². The molecule has 0 fully saturated rings. The van der Waals surface area contributed by atoms with Gasteiger partial charge in [-0.25, -0.2) is 13.8 Å². The van der Waals surface area contributed by atoms with Gasteiger partial charge in [-0.15, -0.1) is 0 Å². The van der Waals surface area contributed by atoms with Crippen molar-refractivity contribution in [3.63, 3.8) is 0 Å². The second-order valence-electron chi connectivity index (χ2n) is 7.01. The molecule has 2 aromatic heterocycles. The Morgan fingerprint density at radius 1 is 1.09 bits per heavy atom. The molecular weight excluding hydrogens is 486 g/mol. The molecule has 7 nitrogen and oxygen atoms in total. The van der Waals surface area contributed by atoms with Gasteiger partial charge in [0.2, 0.25) is 5.43 Å². The molecule has 3 N–H and O–H groups in total. The minimum atomic E-state index is -0.795. The molecule has 0 bridgehead atoms. The Kier molecular flexibility index (Phi) is 6.53. The molecular formula is C23H15ClF2N4O3S. The predicted molar refractivity (Wildman–Crippen MR) is 129 cm³/mol. The first-order chi connectivity index (χ1) is 16.2. The van der Waals surface area contributed by atoms with Gasteiger partial charge in [-0.3, -0.25) is 13.6 Å². The Hall–Kier alpha value is -3.89. The lowest BCUT2D eigenvalue weighted by molar-refractivity contribution is 0.102. The van der Waals surface area contributed by atoms with Crippen LogP contribution in [0.25, 0.3) is 11.1 Å². The van der Waals surface area contributed by atoms with E-state index in [1.54, 1.807) is 0 Å². The molecule has 0 saturated carbocycles. The zero-order valence-corrected chi connectivity index (χ0v) is 18.8. The van der Waals surface area contributed by atoms with E-state index in [0.29, 0.717) is 5.56 Å². The summed E-state index contributed by atoms with van der Waals surface area (Å²) in [5, 5.41) is 2.50. The van der Waals surface area contributed by atoms with Gasteiger partial charge < -0.3 is 15.8 Å². The number of carbonyl (C=O) groups excluding carboxylic acids is 1. The Morgan fingerprint density at radius 2 is 1.82 bits per heavy atom. The molecule has 1 amide bonds. The van der Waals surface area contributed by atoms with Crippen LogP contribution in [0, 0.1) is 11.6 Å². The molecule has 4 aromatic rings. The highest BCUT2D eigenvalue weighted by atomic mass is 35.5. The number of ether oxygens (including phenoxy) is 1. The average molecular weight is 501 g/mol. The van der Waals surface area contributed by atoms with Crippen LogP contribution in [0.2, 0.25) is 5.02 Å². The van der Waals surface area contributed by atoms with E-state index in [0.717, 1.165) is 6.07 Å². The lowest BCUT2D eigenvalue weighted by Gasteiger charge is -2.12. The third-order valence-electron chi connectivity index (χ3n) is 4.70. The summed E-state index contributed by atoms with van der Waals surface area (Å²) in [6.07, 6.45) is 3.98. The first kappa shape index (κ1) is 23.3. The lowest BCUT2D eigenvalue weighted by atomic mass is 10.0. The number of thiol groups is 1. The summed E-state index contributed by atoms with van der Waals surface area (Å²) in [7, 11) is 0. The number of aromatic nitrogens is 2. The van der Waals surface area contributed by atoms with Crippen LogP contribution in [0.15, 0.2) is 71.9 Å². The lowest BCUT2D eigenvalue weighted by Crippen LogP contribution is -2.23. The fourth-order valence-electron chi connectivity index (χ4n) is 3.06. The fraction of sp³-hybridized carbons (Fsp3) is 0. The quantitative estimate of drug-likeness (QED) is 0.329. The minimum Gasteiger partial charge on any atom is -0.453 e. The highest BCUT2D eigenvalue weighted by Gasteiger charge is 2.17. The van der Waals surface area contributed by atoms with E-state index in [-0.39, 0.29) is 39.2 Å². The number of nitrogens with zero attached hydrogens (tertiary/aromatic N) is 2. The molecule has 4 rings (SSSR count). The van der Waals surface area contributed by atoms with E-state index in [1.807, 2.05) is 0 Å². The molecule has 0 aliphatic carbocycles. The second-order valence-corrected chi connectivity index (χ2v) is 7.85. The van der Waals surface area contributed by atoms with Gasteiger partial charge in [-0.05, 0) is 29.8 Å². The topological polar surface area (TPSA) is 99.2 Å². The van der Waals surface area contributed by atoms with Crippen molar-refractivity contribution in [2.45, 2.75) is 0 Å². The molecule has 0 atom stereocenters. The number of nitrogen functional groups attached to an aromatic ring is 1. The molecule has 0 aliphatic heterocycles. The summed E-state index contributed by atoms with van der Waals surface area (Å²) >= 11 is 10.2. The van der Waals surface area contributed by atoms with Crippen molar-refractivity contribution >= 4 is 41.8 Å². The predicted octanol–water partition coefficient (Wildman–Crippen LogP) is 5.16. The molecule has 0 aliphatic rings. The van der Waals surface area contributed by atoms with Gasteiger partial charge in [-0.1, -0.05) is 36.5 Å². The maximum Gasteiger partial charge on any atom is 0.261 e. The molecule has 0 unspecified atom stereocenters. The van der Waals surface area contributed by atoms with Crippen LogP contribution >= 0.6 is 24.4 Å². The summed E-state index contributed by atoms with van der Waals surface area (Å²) in [5.74, 6) is -2.07. The fourth-order valence-corrected chi connectivity index (χ4v) is 3.44. The van der Waals surface area contributed by atoms with E-state index < -0.39 is 23.0 Å². The van der Waals surface area contributed by atoms with E-state index >= 15 is 0 Å². The summed E-state index contributed by atoms with van der Waals surface area (Å²) in [6, 6.07) is 10.3. The van der Waals surface area contributed by atoms with Gasteiger partial charge in [0.1, 0.15) is 22.2 Å². The second kappa shape index (κ2) is 9.54. The summed E-state index contributed by atoms with van der Waals surface area (Å²) in [4.78, 5) is 29.5. The Labute approximate surface area is 202 Å². The van der Waals surface area contributed by atoms with Crippen LogP contribution in [0.5, 0.6) is 11.5 Å². The van der Waals surface area contributed by atoms with Crippen LogP contribution < -0.4 is 21.2 Å². The van der Waals surface area contributed by atoms with E-state index in [1.165, 1.54) is 65.0 Å². The Balaban J connectivity index is 1.58. The normalized spacial score (nSPS) is 10.7. The zero-order valence-electron chi connectivity index (χ0n) is 17.1. The largest absolute Gasteiger partial charge is 0.453 e. The number of halogens is 3. The molecule has 2 heterocycles. The average Bonchev–Trinajstić information content (AvgIpc) is 2.80. The highest BCUT2D eigenvalue weighted by Crippen LogP contribution is 2.34. The van der Waals surface area contributed by atoms with Crippen molar-refractivity contribution in [3.05, 3.63) is 99.6 Å². The van der Waals surface area contributed by atoms with Crippen LogP contribution in [0.4, 0.5) is 20.3 Å². The number of anilines is 2. The number of carbonyl (C=O) groups is 1. The molecule has 172 valence electrons. The van der Waals surface area contributed by atoms with Crippen molar-refractivity contribution in [2.24, 2.45) is 0 Å². The summed E-state index contributed by atoms with van der Waals surface area (Å²) in [5.41, 5.74) is 5.40. The third kappa shape index (κ3) is 4.87. The van der Waals surface area contributed by atoms with Crippen molar-refractivity contribution in [1.82, 2.24) is 8.96 Å². The molecule has 2 aromatic carbocycles. The van der Waals surface area contributed by atoms with Crippen molar-refractivity contribution in [2.75, 3.05) is 11.1 Å². The van der Waals surface area contributed by atoms with Gasteiger partial charge in [-0.2, -0.15) is 0 Å². The van der Waals surface area contributed by atoms with Gasteiger partial charge in [0, 0.05) is 42.0 Å². The number of pyridine rings is 2. The highest BCUT2D eigenvalue weighted by molar-refractivity contribution is 7.78. The van der Waals surface area contributed by atoms with Crippen LogP contribution in [0.1, 0.15) is 10.4 Å². The Bertz CT molecular complexity index is 1460. The number of amides is 1. The molecule has 11 heteroatoms. The number of benzene rings is 2. The first-order valence-electron chi connectivity index (χ1n) is 9.63. The van der Waals surface area contributed by atoms with E-state index in [2.05, 4.69) is 23.1 Å². The van der Waals surface area contributed by atoms with E-state index in [9.17, 15) is 18.4 Å². The summed E-state index contributed by atoms with van der Waals surface area (Å²) < 4.78 is 34.5. The maximum absolute atomic E-state index is 14.6. The maximum atomic E-state index is 14.6. The van der Waals surface area contributed by atoms with Crippen molar-refractivity contribution in [3.8, 4) is 22.6 Å². The SMILES string of the molecule is Nc1nccc(Oc2ccc(NC(=O)c3cn(S)cc(-c4ccc(F)cc4)c3=O)cc2F)c1Cl. The number of hydrogen-bond acceptors (Lipinski definition) is 6. The monoisotopic (exact) mass is 500 g/mol. The smallest absolute Gasteiger partial charge is 0.261 e. The number of nitrogens with one attached hydrogen (secondary N) is 1. The van der Waals surface area contributed by atoms with Crippen LogP contribution in [0.3, 0.4) is 0 Å². The minimum absolute atomic E-state index is 0.0289. The first-order valence-corrected chi connectivity index (χ1v) is 10.4.